The van der Waals surface area contributed by atoms with E-state index in [9.17, 15) is 5.26 Å². The Hall–Kier alpha value is -3.52. The van der Waals surface area contributed by atoms with E-state index in [4.69, 9.17) is 15.6 Å². The topological polar surface area (TPSA) is 76.9 Å². The molecule has 0 amide bonds. The molecule has 5 heteroatoms. The second-order valence-electron chi connectivity index (χ2n) is 8.35. The van der Waals surface area contributed by atoms with Crippen LogP contribution in [0.1, 0.15) is 49.1 Å². The Morgan fingerprint density at radius 1 is 1.07 bits per heavy atom. The van der Waals surface area contributed by atoms with Crippen molar-refractivity contribution in [3.63, 3.8) is 0 Å². The summed E-state index contributed by atoms with van der Waals surface area (Å²) in [6.07, 6.45) is 0. The zero-order valence-electron chi connectivity index (χ0n) is 17.1. The third-order valence-electron chi connectivity index (χ3n) is 5.34. The van der Waals surface area contributed by atoms with Gasteiger partial charge in [-0.25, -0.2) is 4.68 Å². The van der Waals surface area contributed by atoms with Crippen LogP contribution in [0.5, 0.6) is 5.88 Å². The normalized spacial score (nSPS) is 16.2. The highest BCUT2D eigenvalue weighted by molar-refractivity contribution is 5.57. The summed E-state index contributed by atoms with van der Waals surface area (Å²) in [6, 6.07) is 20.4. The maximum Gasteiger partial charge on any atom is 0.229 e. The van der Waals surface area contributed by atoms with Gasteiger partial charge in [0.05, 0.1) is 22.9 Å². The molecule has 1 atom stereocenters. The molecule has 0 radical (unpaired) electrons. The summed E-state index contributed by atoms with van der Waals surface area (Å²) in [5, 5.41) is 14.5. The fourth-order valence-electron chi connectivity index (χ4n) is 3.77. The number of hydrogen-bond acceptors (Lipinski definition) is 4. The lowest BCUT2D eigenvalue weighted by molar-refractivity contribution is 0.367. The number of rotatable bonds is 2. The molecule has 5 nitrogen and oxygen atoms in total. The quantitative estimate of drug-likeness (QED) is 0.695. The van der Waals surface area contributed by atoms with Crippen molar-refractivity contribution in [1.82, 2.24) is 9.78 Å². The lowest BCUT2D eigenvalue weighted by atomic mass is 9.81. The second kappa shape index (κ2) is 6.82. The molecular formula is C24H24N4O. The summed E-state index contributed by atoms with van der Waals surface area (Å²) in [5.41, 5.74) is 11.5. The first kappa shape index (κ1) is 18.8. The lowest BCUT2D eigenvalue weighted by Crippen LogP contribution is -2.22. The molecule has 2 N–H and O–H groups in total. The Bertz CT molecular complexity index is 1130. The van der Waals surface area contributed by atoms with Crippen LogP contribution in [0.4, 0.5) is 0 Å². The average Bonchev–Trinajstić information content (AvgIpc) is 3.03. The van der Waals surface area contributed by atoms with Crippen LogP contribution in [-0.4, -0.2) is 9.78 Å². The lowest BCUT2D eigenvalue weighted by Gasteiger charge is -2.26. The largest absolute Gasteiger partial charge is 0.422 e. The number of allylic oxidation sites excluding steroid dienone is 1. The van der Waals surface area contributed by atoms with Gasteiger partial charge >= 0.3 is 0 Å². The van der Waals surface area contributed by atoms with Crippen LogP contribution in [0.3, 0.4) is 0 Å². The van der Waals surface area contributed by atoms with Crippen LogP contribution in [0, 0.1) is 18.3 Å². The van der Waals surface area contributed by atoms with Crippen LogP contribution in [0.15, 0.2) is 66.1 Å². The molecule has 1 aromatic heterocycles. The minimum absolute atomic E-state index is 0.0560. The number of ether oxygens (including phenoxy) is 1. The van der Waals surface area contributed by atoms with Crippen molar-refractivity contribution < 1.29 is 4.74 Å². The highest BCUT2D eigenvalue weighted by Gasteiger charge is 2.36. The van der Waals surface area contributed by atoms with Gasteiger partial charge in [0, 0.05) is 0 Å². The second-order valence-corrected chi connectivity index (χ2v) is 8.35. The number of nitrogens with two attached hydrogens (primary N) is 1. The summed E-state index contributed by atoms with van der Waals surface area (Å²) in [4.78, 5) is 0. The molecule has 2 aromatic carbocycles. The Morgan fingerprint density at radius 2 is 1.72 bits per heavy atom. The van der Waals surface area contributed by atoms with Crippen LogP contribution < -0.4 is 10.5 Å². The number of nitriles is 1. The summed E-state index contributed by atoms with van der Waals surface area (Å²) in [6.45, 7) is 8.48. The van der Waals surface area contributed by atoms with E-state index in [-0.39, 0.29) is 17.2 Å². The maximum absolute atomic E-state index is 9.82. The fraction of sp³-hybridized carbons (Fsp3) is 0.250. The smallest absolute Gasteiger partial charge is 0.229 e. The maximum atomic E-state index is 9.82. The first-order valence-corrected chi connectivity index (χ1v) is 9.64. The van der Waals surface area contributed by atoms with Crippen LogP contribution in [-0.2, 0) is 5.41 Å². The number of benzene rings is 2. The van der Waals surface area contributed by atoms with E-state index < -0.39 is 0 Å². The third-order valence-corrected chi connectivity index (χ3v) is 5.34. The summed E-state index contributed by atoms with van der Waals surface area (Å²) >= 11 is 0. The van der Waals surface area contributed by atoms with E-state index in [2.05, 4.69) is 51.1 Å². The standard InChI is InChI=1S/C24H24N4O/c1-15-20-21(16-10-12-17(13-11-16)24(2,3)4)19(14-25)22(26)29-23(20)28(27-15)18-8-6-5-7-9-18/h5-13,21H,26H2,1-4H3. The van der Waals surface area contributed by atoms with Gasteiger partial charge in [0.25, 0.3) is 0 Å². The van der Waals surface area contributed by atoms with Crippen molar-refractivity contribution in [1.29, 1.82) is 5.26 Å². The minimum atomic E-state index is -0.310. The van der Waals surface area contributed by atoms with Gasteiger partial charge in [-0.3, -0.25) is 0 Å². The van der Waals surface area contributed by atoms with E-state index in [0.717, 1.165) is 22.5 Å². The number of hydrogen-bond donors (Lipinski definition) is 1. The zero-order chi connectivity index (χ0) is 20.8. The van der Waals surface area contributed by atoms with Gasteiger partial charge in [-0.15, -0.1) is 0 Å². The van der Waals surface area contributed by atoms with Crippen molar-refractivity contribution in [2.45, 2.75) is 39.0 Å². The molecule has 29 heavy (non-hydrogen) atoms. The molecule has 4 rings (SSSR count). The van der Waals surface area contributed by atoms with Crippen molar-refractivity contribution in [2.24, 2.45) is 5.73 Å². The van der Waals surface area contributed by atoms with E-state index in [1.54, 1.807) is 4.68 Å². The van der Waals surface area contributed by atoms with Gasteiger partial charge in [-0.1, -0.05) is 63.2 Å². The Balaban J connectivity index is 1.89. The van der Waals surface area contributed by atoms with Crippen LogP contribution in [0.2, 0.25) is 0 Å². The number of aryl methyl sites for hydroxylation is 1. The highest BCUT2D eigenvalue weighted by atomic mass is 16.5. The molecule has 0 spiro atoms. The molecule has 0 bridgehead atoms. The van der Waals surface area contributed by atoms with Crippen molar-refractivity contribution in [3.05, 3.63) is 88.4 Å². The molecule has 1 aliphatic rings. The van der Waals surface area contributed by atoms with Crippen molar-refractivity contribution in [2.75, 3.05) is 0 Å². The molecular weight excluding hydrogens is 360 g/mol. The molecule has 2 heterocycles. The molecule has 1 unspecified atom stereocenters. The van der Waals surface area contributed by atoms with Gasteiger partial charge in [0.2, 0.25) is 11.8 Å². The van der Waals surface area contributed by atoms with Gasteiger partial charge < -0.3 is 10.5 Å². The Kier molecular flexibility index (Phi) is 4.43. The Morgan fingerprint density at radius 3 is 2.31 bits per heavy atom. The summed E-state index contributed by atoms with van der Waals surface area (Å²) in [7, 11) is 0. The first-order chi connectivity index (χ1) is 13.8. The monoisotopic (exact) mass is 384 g/mol. The predicted molar refractivity (Wildman–Crippen MR) is 113 cm³/mol. The van der Waals surface area contributed by atoms with Crippen LogP contribution in [0.25, 0.3) is 5.69 Å². The first-order valence-electron chi connectivity index (χ1n) is 9.64. The van der Waals surface area contributed by atoms with Crippen LogP contribution >= 0.6 is 0 Å². The molecule has 0 saturated carbocycles. The molecule has 1 aliphatic heterocycles. The molecule has 0 saturated heterocycles. The number of para-hydroxylation sites is 1. The van der Waals surface area contributed by atoms with Gasteiger partial charge in [0.1, 0.15) is 11.6 Å². The number of fused-ring (bicyclic) bond motifs is 1. The Labute approximate surface area is 171 Å². The van der Waals surface area contributed by atoms with E-state index in [0.29, 0.717) is 11.5 Å². The number of nitrogens with zero attached hydrogens (tertiary/aromatic N) is 3. The molecule has 0 aliphatic carbocycles. The SMILES string of the molecule is Cc1nn(-c2ccccc2)c2c1C(c1ccc(C(C)(C)C)cc1)C(C#N)=C(N)O2. The van der Waals surface area contributed by atoms with Crippen molar-refractivity contribution in [3.8, 4) is 17.6 Å². The highest BCUT2D eigenvalue weighted by Crippen LogP contribution is 2.44. The predicted octanol–water partition coefficient (Wildman–Crippen LogP) is 4.70. The van der Waals surface area contributed by atoms with Gasteiger partial charge in [0.15, 0.2) is 0 Å². The van der Waals surface area contributed by atoms with Gasteiger partial charge in [-0.05, 0) is 35.6 Å². The zero-order valence-corrected chi connectivity index (χ0v) is 17.1. The average molecular weight is 384 g/mol. The van der Waals surface area contributed by atoms with E-state index in [1.165, 1.54) is 5.56 Å². The van der Waals surface area contributed by atoms with E-state index >= 15 is 0 Å². The minimum Gasteiger partial charge on any atom is -0.422 e. The molecule has 0 fully saturated rings. The number of aromatic nitrogens is 2. The summed E-state index contributed by atoms with van der Waals surface area (Å²) < 4.78 is 7.66. The molecule has 3 aromatic rings. The molecule has 146 valence electrons. The van der Waals surface area contributed by atoms with E-state index in [1.807, 2.05) is 37.3 Å². The van der Waals surface area contributed by atoms with Crippen molar-refractivity contribution >= 4 is 0 Å². The van der Waals surface area contributed by atoms with Gasteiger partial charge in [-0.2, -0.15) is 10.4 Å². The fourth-order valence-corrected chi connectivity index (χ4v) is 3.77. The summed E-state index contributed by atoms with van der Waals surface area (Å²) in [5.74, 6) is 0.382. The third kappa shape index (κ3) is 3.17.